The van der Waals surface area contributed by atoms with Gasteiger partial charge in [0, 0.05) is 7.11 Å². The fourth-order valence-electron chi connectivity index (χ4n) is 3.34. The summed E-state index contributed by atoms with van der Waals surface area (Å²) in [6.45, 7) is 3.94. The quantitative estimate of drug-likeness (QED) is 0.769. The van der Waals surface area contributed by atoms with Gasteiger partial charge in [-0.3, -0.25) is 14.2 Å². The molecule has 2 aliphatic rings. The molecule has 0 fully saturated rings. The third-order valence-electron chi connectivity index (χ3n) is 4.96. The second kappa shape index (κ2) is 7.39. The average molecular weight is 347 g/mol. The normalized spacial score (nSPS) is 22.9. The maximum absolute atomic E-state index is 13.0. The molecule has 0 bridgehead atoms. The van der Waals surface area contributed by atoms with Crippen molar-refractivity contribution in [2.75, 3.05) is 26.9 Å². The minimum atomic E-state index is -0.382. The smallest absolute Gasteiger partial charge is 0.296 e. The highest BCUT2D eigenvalue weighted by atomic mass is 16.5. The number of ether oxygens (including phenoxy) is 2. The van der Waals surface area contributed by atoms with Crippen LogP contribution in [0.4, 0.5) is 0 Å². The zero-order valence-electron chi connectivity index (χ0n) is 14.9. The number of rotatable bonds is 4. The van der Waals surface area contributed by atoms with Gasteiger partial charge in [0.05, 0.1) is 38.0 Å². The molecule has 0 saturated carbocycles. The van der Waals surface area contributed by atoms with Crippen LogP contribution in [0.2, 0.25) is 0 Å². The lowest BCUT2D eigenvalue weighted by Crippen LogP contribution is -2.43. The third-order valence-corrected chi connectivity index (χ3v) is 4.96. The van der Waals surface area contributed by atoms with Crippen molar-refractivity contribution in [1.82, 2.24) is 14.5 Å². The summed E-state index contributed by atoms with van der Waals surface area (Å²) < 4.78 is 12.1. The van der Waals surface area contributed by atoms with Gasteiger partial charge in [-0.25, -0.2) is 4.98 Å². The Hall–Kier alpha value is -2.15. The molecule has 0 spiro atoms. The maximum atomic E-state index is 13.0. The molecule has 1 unspecified atom stereocenters. The van der Waals surface area contributed by atoms with Gasteiger partial charge in [0.25, 0.3) is 5.56 Å². The first-order valence-electron chi connectivity index (χ1n) is 8.69. The monoisotopic (exact) mass is 347 g/mol. The number of carbonyl (C=O) groups is 1. The molecule has 25 heavy (non-hydrogen) atoms. The molecule has 7 heteroatoms. The summed E-state index contributed by atoms with van der Waals surface area (Å²) in [6, 6.07) is 0. The summed E-state index contributed by atoms with van der Waals surface area (Å²) >= 11 is 0. The highest BCUT2D eigenvalue weighted by molar-refractivity contribution is 5.82. The van der Waals surface area contributed by atoms with E-state index in [0.717, 1.165) is 19.3 Å². The van der Waals surface area contributed by atoms with E-state index in [9.17, 15) is 9.59 Å². The number of fused-ring (bicyclic) bond motifs is 1. The summed E-state index contributed by atoms with van der Waals surface area (Å²) in [5, 5.41) is 0. The van der Waals surface area contributed by atoms with E-state index in [1.54, 1.807) is 12.0 Å². The lowest BCUT2D eigenvalue weighted by molar-refractivity contribution is -0.142. The highest BCUT2D eigenvalue weighted by Gasteiger charge is 2.37. The molecule has 2 heterocycles. The van der Waals surface area contributed by atoms with Gasteiger partial charge >= 0.3 is 0 Å². The largest absolute Gasteiger partial charge is 0.485 e. The van der Waals surface area contributed by atoms with Crippen molar-refractivity contribution in [2.24, 2.45) is 5.41 Å². The summed E-state index contributed by atoms with van der Waals surface area (Å²) in [6.07, 6.45) is 8.23. The standard InChI is InChI=1S/C18H25N3O4/c1-18(6-4-3-5-7-18)17(23)20-9-11-25-15-14(12-20)19-13-21(16(15)22)8-10-24-2/h3-4,13H,5-12H2,1-2H3. The van der Waals surface area contributed by atoms with E-state index in [2.05, 4.69) is 17.1 Å². The molecule has 1 aliphatic carbocycles. The van der Waals surface area contributed by atoms with Crippen LogP contribution in [0.1, 0.15) is 31.9 Å². The van der Waals surface area contributed by atoms with Crippen LogP contribution in [0.25, 0.3) is 0 Å². The molecule has 1 aromatic heterocycles. The zero-order valence-corrected chi connectivity index (χ0v) is 14.9. The van der Waals surface area contributed by atoms with Crippen molar-refractivity contribution in [3.63, 3.8) is 0 Å². The van der Waals surface area contributed by atoms with Crippen molar-refractivity contribution in [3.05, 3.63) is 34.5 Å². The average Bonchev–Trinajstić information content (AvgIpc) is 2.84. The van der Waals surface area contributed by atoms with E-state index in [1.165, 1.54) is 10.9 Å². The second-order valence-electron chi connectivity index (χ2n) is 6.86. The highest BCUT2D eigenvalue weighted by Crippen LogP contribution is 2.35. The molecular weight excluding hydrogens is 322 g/mol. The lowest BCUT2D eigenvalue weighted by Gasteiger charge is -2.34. The third kappa shape index (κ3) is 3.61. The second-order valence-corrected chi connectivity index (χ2v) is 6.86. The SMILES string of the molecule is COCCn1cnc2c(c1=O)OCCN(C(=O)C1(C)CC=CCC1)C2. The van der Waals surface area contributed by atoms with Crippen LogP contribution in [0.15, 0.2) is 23.3 Å². The minimum absolute atomic E-state index is 0.110. The fourth-order valence-corrected chi connectivity index (χ4v) is 3.34. The fraction of sp³-hybridized carbons (Fsp3) is 0.611. The Kier molecular flexibility index (Phi) is 5.22. The first-order chi connectivity index (χ1) is 12.0. The van der Waals surface area contributed by atoms with E-state index in [-0.39, 0.29) is 22.6 Å². The predicted octanol–water partition coefficient (Wildman–Crippen LogP) is 1.36. The molecule has 0 N–H and O–H groups in total. The van der Waals surface area contributed by atoms with Gasteiger partial charge < -0.3 is 14.4 Å². The number of hydrogen-bond acceptors (Lipinski definition) is 5. The van der Waals surface area contributed by atoms with Crippen LogP contribution in [0.3, 0.4) is 0 Å². The van der Waals surface area contributed by atoms with Crippen LogP contribution >= 0.6 is 0 Å². The molecular formula is C18H25N3O4. The van der Waals surface area contributed by atoms with Gasteiger partial charge in [-0.15, -0.1) is 0 Å². The Labute approximate surface area is 147 Å². The number of carbonyl (C=O) groups excluding carboxylic acids is 1. The van der Waals surface area contributed by atoms with Gasteiger partial charge in [-0.1, -0.05) is 19.1 Å². The molecule has 1 aromatic rings. The molecule has 3 rings (SSSR count). The van der Waals surface area contributed by atoms with Gasteiger partial charge in [-0.05, 0) is 19.3 Å². The van der Waals surface area contributed by atoms with Crippen LogP contribution in [0, 0.1) is 5.41 Å². The number of hydrogen-bond donors (Lipinski definition) is 0. The predicted molar refractivity (Wildman–Crippen MR) is 92.4 cm³/mol. The van der Waals surface area contributed by atoms with Crippen LogP contribution in [0.5, 0.6) is 5.75 Å². The maximum Gasteiger partial charge on any atom is 0.296 e. The number of methoxy groups -OCH3 is 1. The first-order valence-corrected chi connectivity index (χ1v) is 8.69. The van der Waals surface area contributed by atoms with Crippen molar-refractivity contribution < 1.29 is 14.3 Å². The van der Waals surface area contributed by atoms with E-state index >= 15 is 0 Å². The van der Waals surface area contributed by atoms with Gasteiger partial charge in [0.15, 0.2) is 0 Å². The van der Waals surface area contributed by atoms with E-state index in [0.29, 0.717) is 38.5 Å². The molecule has 0 saturated heterocycles. The van der Waals surface area contributed by atoms with Crippen LogP contribution in [-0.2, 0) is 22.6 Å². The Morgan fingerprint density at radius 2 is 2.28 bits per heavy atom. The van der Waals surface area contributed by atoms with Crippen LogP contribution < -0.4 is 10.3 Å². The topological polar surface area (TPSA) is 73.7 Å². The van der Waals surface area contributed by atoms with Crippen molar-refractivity contribution >= 4 is 5.91 Å². The number of allylic oxidation sites excluding steroid dienone is 2. The molecule has 0 aromatic carbocycles. The lowest BCUT2D eigenvalue weighted by atomic mass is 9.77. The summed E-state index contributed by atoms with van der Waals surface area (Å²) in [7, 11) is 1.59. The number of aromatic nitrogens is 2. The Morgan fingerprint density at radius 3 is 3.00 bits per heavy atom. The van der Waals surface area contributed by atoms with Gasteiger partial charge in [-0.2, -0.15) is 0 Å². The zero-order chi connectivity index (χ0) is 17.9. The van der Waals surface area contributed by atoms with Gasteiger partial charge in [0.2, 0.25) is 11.7 Å². The Morgan fingerprint density at radius 1 is 1.44 bits per heavy atom. The van der Waals surface area contributed by atoms with E-state index in [4.69, 9.17) is 9.47 Å². The summed E-state index contributed by atoms with van der Waals surface area (Å²) in [5.41, 5.74) is -0.0742. The molecule has 0 radical (unpaired) electrons. The molecule has 136 valence electrons. The molecule has 1 aliphatic heterocycles. The molecule has 1 amide bonds. The molecule has 1 atom stereocenters. The molecule has 7 nitrogen and oxygen atoms in total. The van der Waals surface area contributed by atoms with Crippen LogP contribution in [-0.4, -0.2) is 47.2 Å². The number of nitrogens with zero attached hydrogens (tertiary/aromatic N) is 3. The van der Waals surface area contributed by atoms with Crippen molar-refractivity contribution in [3.8, 4) is 5.75 Å². The van der Waals surface area contributed by atoms with Gasteiger partial charge in [0.1, 0.15) is 12.3 Å². The summed E-state index contributed by atoms with van der Waals surface area (Å²) in [4.78, 5) is 31.7. The van der Waals surface area contributed by atoms with E-state index < -0.39 is 0 Å². The van der Waals surface area contributed by atoms with Crippen molar-refractivity contribution in [1.29, 1.82) is 0 Å². The van der Waals surface area contributed by atoms with Crippen molar-refractivity contribution in [2.45, 2.75) is 39.3 Å². The Balaban J connectivity index is 1.82. The summed E-state index contributed by atoms with van der Waals surface area (Å²) in [5.74, 6) is 0.362. The Bertz CT molecular complexity index is 728. The number of amides is 1. The minimum Gasteiger partial charge on any atom is -0.485 e. The first kappa shape index (κ1) is 17.7. The van der Waals surface area contributed by atoms with E-state index in [1.807, 2.05) is 6.92 Å².